The third-order valence-electron chi connectivity index (χ3n) is 3.74. The van der Waals surface area contributed by atoms with Gasteiger partial charge in [-0.1, -0.05) is 12.1 Å². The normalized spacial score (nSPS) is 12.2. The number of aliphatic hydroxyl groups is 1. The first-order valence-electron chi connectivity index (χ1n) is 7.99. The van der Waals surface area contributed by atoms with Crippen LogP contribution in [0.2, 0.25) is 0 Å². The molecule has 0 amide bonds. The Balaban J connectivity index is 1.48. The molecule has 0 fully saturated rings. The first-order chi connectivity index (χ1) is 12.1. The Bertz CT molecular complexity index is 910. The highest BCUT2D eigenvalue weighted by atomic mass is 19.1. The Kier molecular flexibility index (Phi) is 5.42. The molecule has 5 nitrogen and oxygen atoms in total. The third-order valence-corrected chi connectivity index (χ3v) is 3.74. The molecule has 1 atom stereocenters. The molecule has 130 valence electrons. The lowest BCUT2D eigenvalue weighted by atomic mass is 10.2. The van der Waals surface area contributed by atoms with Gasteiger partial charge < -0.3 is 20.1 Å². The minimum absolute atomic E-state index is 0.130. The van der Waals surface area contributed by atoms with Gasteiger partial charge in [0, 0.05) is 30.1 Å². The van der Waals surface area contributed by atoms with Gasteiger partial charge in [0.1, 0.15) is 24.3 Å². The van der Waals surface area contributed by atoms with E-state index in [1.807, 2.05) is 6.07 Å². The highest BCUT2D eigenvalue weighted by Crippen LogP contribution is 2.18. The lowest BCUT2D eigenvalue weighted by Crippen LogP contribution is -2.31. The Morgan fingerprint density at radius 3 is 2.88 bits per heavy atom. The number of pyridine rings is 1. The van der Waals surface area contributed by atoms with Gasteiger partial charge >= 0.3 is 0 Å². The molecular weight excluding hydrogens is 323 g/mol. The molecule has 0 aliphatic heterocycles. The molecule has 0 saturated carbocycles. The molecule has 0 radical (unpaired) electrons. The lowest BCUT2D eigenvalue weighted by Gasteiger charge is -2.14. The SMILES string of the molecule is O=c1ccc2cc(OCC(O)CNCc3cccc(F)c3)ccc2[nH]1. The first-order valence-corrected chi connectivity index (χ1v) is 7.99. The molecule has 0 saturated heterocycles. The number of aliphatic hydroxyl groups excluding tert-OH is 1. The van der Waals surface area contributed by atoms with Crippen molar-refractivity contribution < 1.29 is 14.2 Å². The maximum Gasteiger partial charge on any atom is 0.248 e. The van der Waals surface area contributed by atoms with E-state index in [0.717, 1.165) is 16.5 Å². The van der Waals surface area contributed by atoms with Crippen LogP contribution in [0, 0.1) is 5.82 Å². The summed E-state index contributed by atoms with van der Waals surface area (Å²) in [5.41, 5.74) is 1.40. The van der Waals surface area contributed by atoms with Gasteiger partial charge in [-0.3, -0.25) is 4.79 Å². The smallest absolute Gasteiger partial charge is 0.248 e. The fourth-order valence-electron chi connectivity index (χ4n) is 2.50. The maximum absolute atomic E-state index is 13.1. The van der Waals surface area contributed by atoms with Crippen LogP contribution in [-0.2, 0) is 6.54 Å². The van der Waals surface area contributed by atoms with E-state index in [0.29, 0.717) is 18.8 Å². The van der Waals surface area contributed by atoms with Crippen molar-refractivity contribution >= 4 is 10.9 Å². The van der Waals surface area contributed by atoms with Crippen LogP contribution in [0.25, 0.3) is 10.9 Å². The van der Waals surface area contributed by atoms with Gasteiger partial charge in [0.15, 0.2) is 0 Å². The molecule has 0 bridgehead atoms. The van der Waals surface area contributed by atoms with E-state index in [1.165, 1.54) is 18.2 Å². The van der Waals surface area contributed by atoms with E-state index in [2.05, 4.69) is 10.3 Å². The summed E-state index contributed by atoms with van der Waals surface area (Å²) >= 11 is 0. The van der Waals surface area contributed by atoms with Gasteiger partial charge in [-0.05, 0) is 42.0 Å². The van der Waals surface area contributed by atoms with E-state index in [4.69, 9.17) is 4.74 Å². The molecule has 1 unspecified atom stereocenters. The second-order valence-corrected chi connectivity index (χ2v) is 5.80. The average Bonchev–Trinajstić information content (AvgIpc) is 2.60. The summed E-state index contributed by atoms with van der Waals surface area (Å²) in [5.74, 6) is 0.338. The van der Waals surface area contributed by atoms with Crippen LogP contribution in [0.1, 0.15) is 5.56 Å². The van der Waals surface area contributed by atoms with E-state index < -0.39 is 6.10 Å². The Morgan fingerprint density at radius 1 is 1.16 bits per heavy atom. The zero-order valence-corrected chi connectivity index (χ0v) is 13.5. The number of nitrogens with one attached hydrogen (secondary N) is 2. The first kappa shape index (κ1) is 17.1. The van der Waals surface area contributed by atoms with Crippen LogP contribution in [-0.4, -0.2) is 29.3 Å². The molecule has 25 heavy (non-hydrogen) atoms. The van der Waals surface area contributed by atoms with Gasteiger partial charge in [0.05, 0.1) is 0 Å². The second kappa shape index (κ2) is 7.92. The van der Waals surface area contributed by atoms with Crippen molar-refractivity contribution in [1.82, 2.24) is 10.3 Å². The van der Waals surface area contributed by atoms with Crippen molar-refractivity contribution in [2.45, 2.75) is 12.6 Å². The van der Waals surface area contributed by atoms with Crippen molar-refractivity contribution in [2.24, 2.45) is 0 Å². The van der Waals surface area contributed by atoms with Crippen molar-refractivity contribution in [3.05, 3.63) is 76.3 Å². The number of halogens is 1. The maximum atomic E-state index is 13.1. The summed E-state index contributed by atoms with van der Waals surface area (Å²) in [7, 11) is 0. The van der Waals surface area contributed by atoms with Crippen LogP contribution >= 0.6 is 0 Å². The van der Waals surface area contributed by atoms with Crippen LogP contribution < -0.4 is 15.6 Å². The zero-order valence-electron chi connectivity index (χ0n) is 13.5. The number of rotatable bonds is 7. The van der Waals surface area contributed by atoms with E-state index >= 15 is 0 Å². The molecule has 1 heterocycles. The van der Waals surface area contributed by atoms with Gasteiger partial charge in [-0.25, -0.2) is 4.39 Å². The summed E-state index contributed by atoms with van der Waals surface area (Å²) in [5, 5.41) is 13.9. The van der Waals surface area contributed by atoms with Gasteiger partial charge in [-0.2, -0.15) is 0 Å². The number of aromatic amines is 1. The molecule has 3 rings (SSSR count). The second-order valence-electron chi connectivity index (χ2n) is 5.80. The summed E-state index contributed by atoms with van der Waals surface area (Å²) in [6.07, 6.45) is -0.695. The number of H-pyrrole nitrogens is 1. The molecule has 0 aliphatic carbocycles. The summed E-state index contributed by atoms with van der Waals surface area (Å²) in [6, 6.07) is 14.8. The highest BCUT2D eigenvalue weighted by Gasteiger charge is 2.06. The minimum Gasteiger partial charge on any atom is -0.491 e. The molecule has 6 heteroatoms. The van der Waals surface area contributed by atoms with E-state index in [-0.39, 0.29) is 18.0 Å². The monoisotopic (exact) mass is 342 g/mol. The molecule has 2 aromatic carbocycles. The number of aromatic nitrogens is 1. The van der Waals surface area contributed by atoms with Crippen molar-refractivity contribution in [3.63, 3.8) is 0 Å². The fourth-order valence-corrected chi connectivity index (χ4v) is 2.50. The predicted octanol–water partition coefficient (Wildman–Crippen LogP) is 2.20. The summed E-state index contributed by atoms with van der Waals surface area (Å²) in [4.78, 5) is 14.0. The Labute approximate surface area is 144 Å². The minimum atomic E-state index is -0.695. The highest BCUT2D eigenvalue weighted by molar-refractivity contribution is 5.79. The van der Waals surface area contributed by atoms with Gasteiger partial charge in [0.25, 0.3) is 0 Å². The summed E-state index contributed by atoms with van der Waals surface area (Å²) < 4.78 is 18.7. The predicted molar refractivity (Wildman–Crippen MR) is 94.2 cm³/mol. The van der Waals surface area contributed by atoms with E-state index in [9.17, 15) is 14.3 Å². The standard InChI is InChI=1S/C19H19FN2O3/c20-15-3-1-2-13(8-15)10-21-11-16(23)12-25-17-5-6-18-14(9-17)4-7-19(24)22-18/h1-9,16,21,23H,10-12H2,(H,22,24). The Morgan fingerprint density at radius 2 is 2.04 bits per heavy atom. The van der Waals surface area contributed by atoms with Crippen molar-refractivity contribution in [3.8, 4) is 5.75 Å². The van der Waals surface area contributed by atoms with Crippen molar-refractivity contribution in [2.75, 3.05) is 13.2 Å². The van der Waals surface area contributed by atoms with Crippen LogP contribution in [0.5, 0.6) is 5.75 Å². The molecule has 3 aromatic rings. The largest absolute Gasteiger partial charge is 0.491 e. The van der Waals surface area contributed by atoms with Crippen LogP contribution in [0.15, 0.2) is 59.4 Å². The van der Waals surface area contributed by atoms with Gasteiger partial charge in [-0.15, -0.1) is 0 Å². The number of hydrogen-bond acceptors (Lipinski definition) is 4. The third kappa shape index (κ3) is 4.89. The van der Waals surface area contributed by atoms with E-state index in [1.54, 1.807) is 30.3 Å². The topological polar surface area (TPSA) is 74.3 Å². The molecular formula is C19H19FN2O3. The number of ether oxygens (including phenoxy) is 1. The average molecular weight is 342 g/mol. The van der Waals surface area contributed by atoms with Crippen LogP contribution in [0.3, 0.4) is 0 Å². The number of hydrogen-bond donors (Lipinski definition) is 3. The summed E-state index contributed by atoms with van der Waals surface area (Å²) in [6.45, 7) is 0.931. The lowest BCUT2D eigenvalue weighted by molar-refractivity contribution is 0.106. The molecule has 0 spiro atoms. The van der Waals surface area contributed by atoms with Gasteiger partial charge in [0.2, 0.25) is 5.56 Å². The van der Waals surface area contributed by atoms with Crippen LogP contribution in [0.4, 0.5) is 4.39 Å². The quantitative estimate of drug-likeness (QED) is 0.615. The van der Waals surface area contributed by atoms with Crippen molar-refractivity contribution in [1.29, 1.82) is 0 Å². The number of benzene rings is 2. The fraction of sp³-hybridized carbons (Fsp3) is 0.211. The molecule has 1 aromatic heterocycles. The Hall–Kier alpha value is -2.70. The molecule has 3 N–H and O–H groups in total. The zero-order chi connectivity index (χ0) is 17.6. The molecule has 0 aliphatic rings. The number of fused-ring (bicyclic) bond motifs is 1.